The molecule has 0 bridgehead atoms. The van der Waals surface area contributed by atoms with Crippen molar-refractivity contribution < 1.29 is 44.7 Å². The zero-order valence-corrected chi connectivity index (χ0v) is 14.2. The van der Waals surface area contributed by atoms with Crippen molar-refractivity contribution in [1.82, 2.24) is 0 Å². The second kappa shape index (κ2) is 20.9. The minimum Gasteiger partial charge on any atom is -0.566 e. The Morgan fingerprint density at radius 3 is 1.32 bits per heavy atom. The second-order valence-electron chi connectivity index (χ2n) is 3.53. The van der Waals surface area contributed by atoms with Crippen LogP contribution >= 0.6 is 16.5 Å². The first-order chi connectivity index (χ1) is 8.54. The largest absolute Gasteiger partial charge is 2.00 e. The zero-order valence-electron chi connectivity index (χ0n) is 11.3. The summed E-state index contributed by atoms with van der Waals surface area (Å²) in [6.07, 6.45) is 5.89. The van der Waals surface area contributed by atoms with Gasteiger partial charge in [-0.1, -0.05) is 39.5 Å². The van der Waals surface area contributed by atoms with Gasteiger partial charge in [0.25, 0.3) is 0 Å². The van der Waals surface area contributed by atoms with Crippen LogP contribution in [0.2, 0.25) is 0 Å². The fourth-order valence-electron chi connectivity index (χ4n) is 0.982. The third-order valence-electron chi connectivity index (χ3n) is 1.89. The number of hydrogen-bond donors (Lipinski definition) is 0. The summed E-state index contributed by atoms with van der Waals surface area (Å²) in [5, 5.41) is 0. The number of hydrogen-bond acceptors (Lipinski definition) is 6. The topological polar surface area (TPSA) is 98.7 Å². The molecule has 6 nitrogen and oxygen atoms in total. The van der Waals surface area contributed by atoms with Crippen molar-refractivity contribution in [2.75, 3.05) is 13.2 Å². The third kappa shape index (κ3) is 32.3. The normalized spacial score (nSPS) is 10.9. The molecule has 0 amide bonds. The average Bonchev–Trinajstić information content (AvgIpc) is 2.31. The van der Waals surface area contributed by atoms with Crippen LogP contribution in [0.3, 0.4) is 0 Å². The van der Waals surface area contributed by atoms with Crippen molar-refractivity contribution in [2.45, 2.75) is 52.4 Å². The van der Waals surface area contributed by atoms with Crippen LogP contribution in [-0.4, -0.2) is 13.2 Å². The Bertz CT molecular complexity index is 196. The molecule has 9 heteroatoms. The second-order valence-corrected chi connectivity index (χ2v) is 4.94. The average molecular weight is 359 g/mol. The number of unbranched alkanes of at least 4 members (excludes halogenated alkanes) is 4. The van der Waals surface area contributed by atoms with Gasteiger partial charge in [-0.15, -0.1) is 9.05 Å². The van der Waals surface area contributed by atoms with Gasteiger partial charge < -0.3 is 9.79 Å². The summed E-state index contributed by atoms with van der Waals surface area (Å²) >= 11 is 0. The maximum Gasteiger partial charge on any atom is 2.00 e. The maximum atomic E-state index is 9.78. The molecule has 2 atom stereocenters. The summed E-state index contributed by atoms with van der Waals surface area (Å²) < 4.78 is 28.1. The smallest absolute Gasteiger partial charge is 0.566 e. The molecule has 2 unspecified atom stereocenters. The first-order valence-electron chi connectivity index (χ1n) is 6.09. The molecule has 1 radical (unpaired) electrons. The van der Waals surface area contributed by atoms with Crippen LogP contribution in [0, 0.1) is 0 Å². The van der Waals surface area contributed by atoms with Gasteiger partial charge in [0.05, 0.1) is 0 Å². The molecule has 0 saturated carbocycles. The summed E-state index contributed by atoms with van der Waals surface area (Å²) in [6, 6.07) is 0. The molecular formula is C10H22CoO6P2+2. The van der Waals surface area contributed by atoms with Crippen molar-refractivity contribution in [3.8, 4) is 0 Å². The fourth-order valence-corrected chi connectivity index (χ4v) is 1.54. The van der Waals surface area contributed by atoms with Gasteiger partial charge in [-0.2, -0.15) is 0 Å². The first kappa shape index (κ1) is 24.6. The molecule has 0 heterocycles. The Morgan fingerprint density at radius 1 is 0.789 bits per heavy atom. The molecular weight excluding hydrogens is 337 g/mol. The van der Waals surface area contributed by atoms with E-state index in [-0.39, 0.29) is 16.8 Å². The van der Waals surface area contributed by atoms with E-state index >= 15 is 0 Å². The van der Waals surface area contributed by atoms with Crippen molar-refractivity contribution in [3.05, 3.63) is 0 Å². The molecule has 0 aromatic carbocycles. The first-order valence-corrected chi connectivity index (χ1v) is 8.28. The van der Waals surface area contributed by atoms with Crippen molar-refractivity contribution >= 4 is 16.5 Å². The molecule has 0 saturated heterocycles. The molecule has 0 aliphatic rings. The standard InChI is InChI=1S/2C5H11O3P.Co/c2*1-2-3-4-5-8-9(6)7;/h2*2-5H2,1H3;/q;;+2. The summed E-state index contributed by atoms with van der Waals surface area (Å²) in [7, 11) is -5.23. The predicted octanol–water partition coefficient (Wildman–Crippen LogP) is 2.42. The van der Waals surface area contributed by atoms with E-state index in [0.29, 0.717) is 13.2 Å². The van der Waals surface area contributed by atoms with Gasteiger partial charge >= 0.3 is 33.3 Å². The van der Waals surface area contributed by atoms with Gasteiger partial charge in [0, 0.05) is 0 Å². The number of rotatable bonds is 10. The SMILES string of the molecule is CCCCCO[P+](=O)[O-].CCCCCO[P+](=O)[O-].[Co+2]. The predicted molar refractivity (Wildman–Crippen MR) is 66.2 cm³/mol. The van der Waals surface area contributed by atoms with Gasteiger partial charge in [0.15, 0.2) is 0 Å². The minimum atomic E-state index is -2.62. The molecule has 0 aromatic rings. The van der Waals surface area contributed by atoms with Gasteiger partial charge in [-0.25, -0.2) is 0 Å². The van der Waals surface area contributed by atoms with Gasteiger partial charge in [0.1, 0.15) is 13.2 Å². The maximum absolute atomic E-state index is 9.78. The molecule has 19 heavy (non-hydrogen) atoms. The molecule has 0 spiro atoms. The van der Waals surface area contributed by atoms with Crippen molar-refractivity contribution in [2.24, 2.45) is 0 Å². The molecule has 115 valence electrons. The van der Waals surface area contributed by atoms with Crippen LogP contribution in [0.15, 0.2) is 0 Å². The van der Waals surface area contributed by atoms with E-state index in [1.165, 1.54) is 0 Å². The summed E-state index contributed by atoms with van der Waals surface area (Å²) in [4.78, 5) is 19.6. The van der Waals surface area contributed by atoms with Gasteiger partial charge in [-0.3, -0.25) is 0 Å². The van der Waals surface area contributed by atoms with Crippen LogP contribution in [-0.2, 0) is 35.0 Å². The molecule has 0 aromatic heterocycles. The fraction of sp³-hybridized carbons (Fsp3) is 1.00. The molecule has 0 aliphatic carbocycles. The minimum absolute atomic E-state index is 0. The summed E-state index contributed by atoms with van der Waals surface area (Å²) in [5.74, 6) is 0. The van der Waals surface area contributed by atoms with E-state index in [9.17, 15) is 18.9 Å². The Kier molecular flexibility index (Phi) is 27.0. The van der Waals surface area contributed by atoms with E-state index in [4.69, 9.17) is 0 Å². The Morgan fingerprint density at radius 2 is 1.11 bits per heavy atom. The van der Waals surface area contributed by atoms with E-state index < -0.39 is 16.5 Å². The van der Waals surface area contributed by atoms with Crippen LogP contribution in [0.5, 0.6) is 0 Å². The summed E-state index contributed by atoms with van der Waals surface area (Å²) in [6.45, 7) is 4.79. The van der Waals surface area contributed by atoms with E-state index in [1.54, 1.807) is 0 Å². The van der Waals surface area contributed by atoms with E-state index in [1.807, 2.05) is 0 Å². The molecule has 0 rings (SSSR count). The monoisotopic (exact) mass is 359 g/mol. The van der Waals surface area contributed by atoms with Gasteiger partial charge in [-0.05, 0) is 22.0 Å². The zero-order chi connectivity index (χ0) is 14.2. The van der Waals surface area contributed by atoms with Crippen LogP contribution in [0.1, 0.15) is 52.4 Å². The van der Waals surface area contributed by atoms with E-state index in [2.05, 4.69) is 22.9 Å². The Hall–Kier alpha value is 0.546. The van der Waals surface area contributed by atoms with Crippen molar-refractivity contribution in [1.29, 1.82) is 0 Å². The molecule has 0 N–H and O–H groups in total. The summed E-state index contributed by atoms with van der Waals surface area (Å²) in [5.41, 5.74) is 0. The van der Waals surface area contributed by atoms with E-state index in [0.717, 1.165) is 38.5 Å². The molecule has 0 fully saturated rings. The van der Waals surface area contributed by atoms with Crippen molar-refractivity contribution in [3.63, 3.8) is 0 Å². The van der Waals surface area contributed by atoms with Crippen LogP contribution in [0.25, 0.3) is 0 Å². The quantitative estimate of drug-likeness (QED) is 0.439. The van der Waals surface area contributed by atoms with Crippen LogP contribution < -0.4 is 9.79 Å². The van der Waals surface area contributed by atoms with Crippen LogP contribution in [0.4, 0.5) is 0 Å². The molecule has 0 aliphatic heterocycles. The third-order valence-corrected chi connectivity index (χ3v) is 2.68. The Balaban J connectivity index is -0.000000256. The van der Waals surface area contributed by atoms with Gasteiger partial charge in [0.2, 0.25) is 0 Å². The Labute approximate surface area is 127 Å².